The number of alkyl halides is 3. The van der Waals surface area contributed by atoms with Crippen molar-refractivity contribution in [3.8, 4) is 11.5 Å². The molecule has 0 fully saturated rings. The molecule has 0 aromatic heterocycles. The predicted octanol–water partition coefficient (Wildman–Crippen LogP) is 2.65. The van der Waals surface area contributed by atoms with Crippen molar-refractivity contribution < 1.29 is 31.1 Å². The van der Waals surface area contributed by atoms with Gasteiger partial charge in [0, 0.05) is 10.7 Å². The van der Waals surface area contributed by atoms with Gasteiger partial charge in [0.2, 0.25) is 0 Å². The number of halogens is 4. The van der Waals surface area contributed by atoms with Crippen LogP contribution in [-0.4, -0.2) is 22.6 Å². The van der Waals surface area contributed by atoms with Crippen LogP contribution in [-0.2, 0) is 15.2 Å². The van der Waals surface area contributed by atoms with Crippen molar-refractivity contribution in [2.45, 2.75) is 11.1 Å². The van der Waals surface area contributed by atoms with Crippen molar-refractivity contribution in [2.75, 3.05) is 14.2 Å². The molecule has 0 spiro atoms. The monoisotopic (exact) mass is 304 g/mol. The van der Waals surface area contributed by atoms with Crippen molar-refractivity contribution in [1.29, 1.82) is 0 Å². The highest BCUT2D eigenvalue weighted by Crippen LogP contribution is 2.41. The molecule has 4 nitrogen and oxygen atoms in total. The molecule has 9 heteroatoms. The number of benzene rings is 1. The summed E-state index contributed by atoms with van der Waals surface area (Å²) in [5, 5.41) is 0. The fourth-order valence-electron chi connectivity index (χ4n) is 1.28. The molecule has 0 amide bonds. The number of rotatable bonds is 3. The Morgan fingerprint density at radius 1 is 1.11 bits per heavy atom. The van der Waals surface area contributed by atoms with Crippen LogP contribution < -0.4 is 9.47 Å². The molecule has 1 aromatic carbocycles. The second-order valence-corrected chi connectivity index (χ2v) is 5.65. The van der Waals surface area contributed by atoms with E-state index < -0.39 is 37.2 Å². The van der Waals surface area contributed by atoms with E-state index in [1.807, 2.05) is 0 Å². The molecule has 0 atom stereocenters. The topological polar surface area (TPSA) is 52.6 Å². The standard InChI is InChI=1S/C9H8ClF3O4S/c1-16-6-3-5(9(11,12)13)4-7(17-2)8(6)18(10,14)15/h3-4H,1-2H3. The van der Waals surface area contributed by atoms with Crippen molar-refractivity contribution >= 4 is 19.7 Å². The highest BCUT2D eigenvalue weighted by Gasteiger charge is 2.35. The summed E-state index contributed by atoms with van der Waals surface area (Å²) in [7, 11) is 2.88. The van der Waals surface area contributed by atoms with Crippen LogP contribution in [0.3, 0.4) is 0 Å². The van der Waals surface area contributed by atoms with Crippen molar-refractivity contribution in [2.24, 2.45) is 0 Å². The second-order valence-electron chi connectivity index (χ2n) is 3.15. The van der Waals surface area contributed by atoms with Gasteiger partial charge >= 0.3 is 6.18 Å². The maximum atomic E-state index is 12.6. The van der Waals surface area contributed by atoms with E-state index in [9.17, 15) is 21.6 Å². The van der Waals surface area contributed by atoms with Gasteiger partial charge in [-0.15, -0.1) is 0 Å². The summed E-state index contributed by atoms with van der Waals surface area (Å²) in [4.78, 5) is -0.637. The molecule has 18 heavy (non-hydrogen) atoms. The van der Waals surface area contributed by atoms with Crippen LogP contribution in [0.5, 0.6) is 11.5 Å². The summed E-state index contributed by atoms with van der Waals surface area (Å²) in [6.07, 6.45) is -4.66. The van der Waals surface area contributed by atoms with Gasteiger partial charge in [-0.3, -0.25) is 0 Å². The molecule has 0 bridgehead atoms. The molecular weight excluding hydrogens is 297 g/mol. The van der Waals surface area contributed by atoms with Crippen molar-refractivity contribution in [1.82, 2.24) is 0 Å². The van der Waals surface area contributed by atoms with Crippen LogP contribution in [0.15, 0.2) is 17.0 Å². The first-order valence-electron chi connectivity index (χ1n) is 4.39. The predicted molar refractivity (Wildman–Crippen MR) is 57.6 cm³/mol. The Bertz CT molecular complexity index is 528. The highest BCUT2D eigenvalue weighted by atomic mass is 35.7. The first kappa shape index (κ1) is 14.9. The molecule has 0 heterocycles. The summed E-state index contributed by atoms with van der Waals surface area (Å²) >= 11 is 0. The van der Waals surface area contributed by atoms with E-state index in [0.717, 1.165) is 14.2 Å². The van der Waals surface area contributed by atoms with Gasteiger partial charge in [0.05, 0.1) is 19.8 Å². The van der Waals surface area contributed by atoms with Gasteiger partial charge in [-0.25, -0.2) is 8.42 Å². The van der Waals surface area contributed by atoms with Crippen LogP contribution in [0.1, 0.15) is 5.56 Å². The highest BCUT2D eigenvalue weighted by molar-refractivity contribution is 8.13. The van der Waals surface area contributed by atoms with E-state index >= 15 is 0 Å². The van der Waals surface area contributed by atoms with Crippen molar-refractivity contribution in [3.63, 3.8) is 0 Å². The number of hydrogen-bond donors (Lipinski definition) is 0. The average Bonchev–Trinajstić information content (AvgIpc) is 2.24. The molecule has 0 aliphatic rings. The van der Waals surface area contributed by atoms with Gasteiger partial charge in [0.25, 0.3) is 9.05 Å². The van der Waals surface area contributed by atoms with Crippen LogP contribution in [0, 0.1) is 0 Å². The van der Waals surface area contributed by atoms with E-state index in [4.69, 9.17) is 10.7 Å². The Morgan fingerprint density at radius 3 is 1.72 bits per heavy atom. The third-order valence-corrected chi connectivity index (χ3v) is 3.38. The molecule has 0 radical (unpaired) electrons. The Morgan fingerprint density at radius 2 is 1.50 bits per heavy atom. The first-order chi connectivity index (χ1) is 8.11. The second kappa shape index (κ2) is 4.85. The molecule has 102 valence electrons. The van der Waals surface area contributed by atoms with E-state index in [2.05, 4.69) is 9.47 Å². The fourth-order valence-corrected chi connectivity index (χ4v) is 2.51. The van der Waals surface area contributed by atoms with E-state index in [0.29, 0.717) is 12.1 Å². The smallest absolute Gasteiger partial charge is 0.416 e. The minimum absolute atomic E-state index is 0.531. The third-order valence-electron chi connectivity index (χ3n) is 2.03. The SMILES string of the molecule is COc1cc(C(F)(F)F)cc(OC)c1S(=O)(=O)Cl. The van der Waals surface area contributed by atoms with Crippen LogP contribution in [0.2, 0.25) is 0 Å². The van der Waals surface area contributed by atoms with Gasteiger partial charge < -0.3 is 9.47 Å². The van der Waals surface area contributed by atoms with Gasteiger partial charge in [0.15, 0.2) is 4.90 Å². The maximum absolute atomic E-state index is 12.6. The van der Waals surface area contributed by atoms with Gasteiger partial charge in [-0.2, -0.15) is 13.2 Å². The van der Waals surface area contributed by atoms with Crippen LogP contribution >= 0.6 is 10.7 Å². The van der Waals surface area contributed by atoms with E-state index in [-0.39, 0.29) is 0 Å². The molecule has 0 saturated heterocycles. The molecule has 1 rings (SSSR count). The van der Waals surface area contributed by atoms with Crippen LogP contribution in [0.25, 0.3) is 0 Å². The van der Waals surface area contributed by atoms with Crippen LogP contribution in [0.4, 0.5) is 13.2 Å². The zero-order chi connectivity index (χ0) is 14.1. The molecule has 0 aliphatic heterocycles. The zero-order valence-corrected chi connectivity index (χ0v) is 10.8. The van der Waals surface area contributed by atoms with E-state index in [1.165, 1.54) is 0 Å². The molecular formula is C9H8ClF3O4S. The number of hydrogen-bond acceptors (Lipinski definition) is 4. The molecule has 0 N–H and O–H groups in total. The Kier molecular flexibility index (Phi) is 4.02. The van der Waals surface area contributed by atoms with E-state index in [1.54, 1.807) is 0 Å². The molecule has 0 saturated carbocycles. The zero-order valence-electron chi connectivity index (χ0n) is 9.21. The molecule has 0 unspecified atom stereocenters. The average molecular weight is 305 g/mol. The number of ether oxygens (including phenoxy) is 2. The lowest BCUT2D eigenvalue weighted by Gasteiger charge is -2.14. The summed E-state index contributed by atoms with van der Waals surface area (Å²) in [5.74, 6) is -1.06. The molecule has 1 aromatic rings. The third kappa shape index (κ3) is 2.99. The fraction of sp³-hybridized carbons (Fsp3) is 0.333. The first-order valence-corrected chi connectivity index (χ1v) is 6.70. The quantitative estimate of drug-likeness (QED) is 0.806. The lowest BCUT2D eigenvalue weighted by Crippen LogP contribution is -2.08. The van der Waals surface area contributed by atoms with Crippen molar-refractivity contribution in [3.05, 3.63) is 17.7 Å². The summed E-state index contributed by atoms with van der Waals surface area (Å²) in [6, 6.07) is 1.08. The lowest BCUT2D eigenvalue weighted by molar-refractivity contribution is -0.137. The summed E-state index contributed by atoms with van der Waals surface area (Å²) in [6.45, 7) is 0. The largest absolute Gasteiger partial charge is 0.495 e. The van der Waals surface area contributed by atoms with Gasteiger partial charge in [-0.05, 0) is 12.1 Å². The van der Waals surface area contributed by atoms with Gasteiger partial charge in [0.1, 0.15) is 11.5 Å². The summed E-state index contributed by atoms with van der Waals surface area (Å²) in [5.41, 5.74) is -1.10. The minimum atomic E-state index is -4.66. The van der Waals surface area contributed by atoms with Gasteiger partial charge in [-0.1, -0.05) is 0 Å². The normalized spacial score (nSPS) is 12.3. The Labute approximate surface area is 106 Å². The summed E-state index contributed by atoms with van der Waals surface area (Å²) < 4.78 is 69.4. The Balaban J connectivity index is 3.65. The molecule has 0 aliphatic carbocycles. The lowest BCUT2D eigenvalue weighted by atomic mass is 10.2. The number of methoxy groups -OCH3 is 2. The minimum Gasteiger partial charge on any atom is -0.495 e. The Hall–Kier alpha value is -1.15. The maximum Gasteiger partial charge on any atom is 0.416 e.